The van der Waals surface area contributed by atoms with Gasteiger partial charge in [0.25, 0.3) is 0 Å². The van der Waals surface area contributed by atoms with Crippen LogP contribution in [-0.4, -0.2) is 10.7 Å². The highest BCUT2D eigenvalue weighted by Crippen LogP contribution is 2.40. The first-order valence-corrected chi connectivity index (χ1v) is 4.27. The van der Waals surface area contributed by atoms with E-state index in [0.29, 0.717) is 0 Å². The van der Waals surface area contributed by atoms with E-state index in [0.717, 1.165) is 0 Å². The van der Waals surface area contributed by atoms with Crippen molar-refractivity contribution >= 4 is 23.2 Å². The molecule has 0 fully saturated rings. The first-order valence-electron chi connectivity index (χ1n) is 3.51. The Morgan fingerprint density at radius 3 is 1.93 bits per heavy atom. The molecule has 0 spiro atoms. The fourth-order valence-electron chi connectivity index (χ4n) is 0.694. The molecule has 6 heteroatoms. The molecule has 78 valence electrons. The van der Waals surface area contributed by atoms with Gasteiger partial charge in [-0.15, -0.1) is 0 Å². The molecule has 0 saturated carbocycles. The maximum absolute atomic E-state index is 12.9. The number of para-hydroxylation sites is 1. The minimum atomic E-state index is -4.30. The van der Waals surface area contributed by atoms with Crippen LogP contribution in [0.25, 0.3) is 0 Å². The minimum absolute atomic E-state index is 0.134. The molecule has 1 aromatic carbocycles. The molecular weight excluding hydrogens is 240 g/mol. The zero-order valence-corrected chi connectivity index (χ0v) is 8.20. The fourth-order valence-corrected chi connectivity index (χ4v) is 0.822. The molecule has 0 radical (unpaired) electrons. The van der Waals surface area contributed by atoms with Crippen molar-refractivity contribution in [3.05, 3.63) is 30.3 Å². The van der Waals surface area contributed by atoms with E-state index in [1.54, 1.807) is 6.07 Å². The highest BCUT2D eigenvalue weighted by Gasteiger charge is 2.55. The van der Waals surface area contributed by atoms with Gasteiger partial charge in [0.2, 0.25) is 0 Å². The summed E-state index contributed by atoms with van der Waals surface area (Å²) in [4.78, 5) is 0. The Morgan fingerprint density at radius 1 is 1.00 bits per heavy atom. The molecule has 1 aromatic rings. The summed E-state index contributed by atoms with van der Waals surface area (Å²) in [6, 6.07) is 7.13. The van der Waals surface area contributed by atoms with E-state index < -0.39 is 10.7 Å². The summed E-state index contributed by atoms with van der Waals surface area (Å²) in [7, 11) is 0. The van der Waals surface area contributed by atoms with Gasteiger partial charge in [-0.2, -0.15) is 13.2 Å². The number of alkyl halides is 5. The second-order valence-corrected chi connectivity index (χ2v) is 3.39. The number of hydrogen-bond acceptors (Lipinski definition) is 1. The van der Waals surface area contributed by atoms with Crippen LogP contribution in [0.1, 0.15) is 0 Å². The van der Waals surface area contributed by atoms with E-state index in [4.69, 9.17) is 11.6 Å². The van der Waals surface area contributed by atoms with Crippen LogP contribution in [0.15, 0.2) is 30.3 Å². The Labute approximate surface area is 88.4 Å². The lowest BCUT2D eigenvalue weighted by Crippen LogP contribution is -2.39. The molecule has 0 bridgehead atoms. The molecule has 1 nitrogen and oxygen atoms in total. The Balaban J connectivity index is 2.79. The van der Waals surface area contributed by atoms with Crippen molar-refractivity contribution in [2.75, 3.05) is 0 Å². The lowest BCUT2D eigenvalue weighted by molar-refractivity contribution is -0.131. The average molecular weight is 245 g/mol. The minimum Gasteiger partial charge on any atom is -0.440 e. The summed E-state index contributed by atoms with van der Waals surface area (Å²) >= 11 is 9.19. The van der Waals surface area contributed by atoms with E-state index in [1.807, 2.05) is 0 Å². The van der Waals surface area contributed by atoms with E-state index in [1.165, 1.54) is 24.3 Å². The molecule has 0 amide bonds. The fraction of sp³-hybridized carbons (Fsp3) is 0.250. The number of benzene rings is 1. The third-order valence-corrected chi connectivity index (χ3v) is 1.97. The quantitative estimate of drug-likeness (QED) is 0.736. The first-order chi connectivity index (χ1) is 6.33. The van der Waals surface area contributed by atoms with Crippen molar-refractivity contribution in [1.29, 1.82) is 0 Å². The van der Waals surface area contributed by atoms with Gasteiger partial charge in [0.15, 0.2) is 0 Å². The lowest BCUT2D eigenvalue weighted by atomic mass is 10.3. The highest BCUT2D eigenvalue weighted by atomic mass is 35.5. The average Bonchev–Trinajstić information content (AvgIpc) is 2.03. The second kappa shape index (κ2) is 3.87. The number of halogens is 5. The zero-order valence-electron chi connectivity index (χ0n) is 6.68. The molecule has 1 atom stereocenters. The van der Waals surface area contributed by atoms with Crippen molar-refractivity contribution in [2.24, 2.45) is 0 Å². The molecule has 0 N–H and O–H groups in total. The maximum Gasteiger partial charge on any atom is 0.406 e. The Hall–Kier alpha value is -0.610. The smallest absolute Gasteiger partial charge is 0.406 e. The maximum atomic E-state index is 12.9. The van der Waals surface area contributed by atoms with Gasteiger partial charge < -0.3 is 4.74 Å². The Morgan fingerprint density at radius 2 is 1.50 bits per heavy atom. The van der Waals surface area contributed by atoms with E-state index in [2.05, 4.69) is 16.3 Å². The first kappa shape index (κ1) is 11.5. The van der Waals surface area contributed by atoms with Crippen molar-refractivity contribution in [3.8, 4) is 5.75 Å². The van der Waals surface area contributed by atoms with Crippen LogP contribution < -0.4 is 4.74 Å². The molecule has 14 heavy (non-hydrogen) atoms. The summed E-state index contributed by atoms with van der Waals surface area (Å²) in [5, 5.41) is -8.06. The Bertz CT molecular complexity index is 297. The van der Waals surface area contributed by atoms with Gasteiger partial charge in [-0.1, -0.05) is 18.2 Å². The zero-order chi connectivity index (χ0) is 10.8. The summed E-state index contributed by atoms with van der Waals surface area (Å²) < 4.78 is 41.8. The topological polar surface area (TPSA) is 9.23 Å². The van der Waals surface area contributed by atoms with Crippen LogP contribution in [-0.2, 0) is 0 Å². The standard InChI is InChI=1S/C8H5Cl2F3O/c9-7(11,12)8(10,13)14-6-4-2-1-3-5-6/h1-5H. The third-order valence-electron chi connectivity index (χ3n) is 1.32. The van der Waals surface area contributed by atoms with Crippen molar-refractivity contribution in [1.82, 2.24) is 0 Å². The second-order valence-electron chi connectivity index (χ2n) is 2.43. The van der Waals surface area contributed by atoms with Crippen molar-refractivity contribution in [2.45, 2.75) is 10.7 Å². The van der Waals surface area contributed by atoms with Crippen LogP contribution in [0.3, 0.4) is 0 Å². The van der Waals surface area contributed by atoms with Crippen LogP contribution in [0, 0.1) is 0 Å². The SMILES string of the molecule is FC(F)(Cl)C(F)(Cl)Oc1ccccc1. The van der Waals surface area contributed by atoms with Crippen molar-refractivity contribution < 1.29 is 17.9 Å². The largest absolute Gasteiger partial charge is 0.440 e. The molecule has 0 aromatic heterocycles. The van der Waals surface area contributed by atoms with Crippen LogP contribution in [0.4, 0.5) is 13.2 Å². The van der Waals surface area contributed by atoms with Gasteiger partial charge in [-0.05, 0) is 35.3 Å². The summed E-state index contributed by atoms with van der Waals surface area (Å²) in [5.74, 6) is -0.134. The number of ether oxygens (including phenoxy) is 1. The third kappa shape index (κ3) is 2.69. The predicted molar refractivity (Wildman–Crippen MR) is 47.6 cm³/mol. The lowest BCUT2D eigenvalue weighted by Gasteiger charge is -2.23. The Kier molecular flexibility index (Phi) is 3.17. The molecule has 0 heterocycles. The molecule has 0 aliphatic rings. The van der Waals surface area contributed by atoms with Gasteiger partial charge in [-0.3, -0.25) is 0 Å². The highest BCUT2D eigenvalue weighted by molar-refractivity contribution is 6.31. The summed E-state index contributed by atoms with van der Waals surface area (Å²) in [6.45, 7) is 0. The van der Waals surface area contributed by atoms with Gasteiger partial charge >= 0.3 is 10.7 Å². The van der Waals surface area contributed by atoms with Crippen LogP contribution >= 0.6 is 23.2 Å². The molecule has 0 aliphatic heterocycles. The predicted octanol–water partition coefficient (Wildman–Crippen LogP) is 3.76. The number of hydrogen-bond donors (Lipinski definition) is 0. The number of rotatable bonds is 3. The van der Waals surface area contributed by atoms with Gasteiger partial charge in [0.1, 0.15) is 5.75 Å². The van der Waals surface area contributed by atoms with Crippen LogP contribution in [0.2, 0.25) is 0 Å². The van der Waals surface area contributed by atoms with Gasteiger partial charge in [-0.25, -0.2) is 0 Å². The van der Waals surface area contributed by atoms with Crippen LogP contribution in [0.5, 0.6) is 5.75 Å². The molecule has 0 aliphatic carbocycles. The monoisotopic (exact) mass is 244 g/mol. The normalized spacial score (nSPS) is 16.1. The van der Waals surface area contributed by atoms with Gasteiger partial charge in [0.05, 0.1) is 0 Å². The molecule has 1 unspecified atom stereocenters. The van der Waals surface area contributed by atoms with Crippen molar-refractivity contribution in [3.63, 3.8) is 0 Å². The van der Waals surface area contributed by atoms with E-state index in [9.17, 15) is 13.2 Å². The summed E-state index contributed by atoms with van der Waals surface area (Å²) in [5.41, 5.74) is 0. The van der Waals surface area contributed by atoms with Gasteiger partial charge in [0, 0.05) is 0 Å². The molecular formula is C8H5Cl2F3O. The summed E-state index contributed by atoms with van der Waals surface area (Å²) in [6.07, 6.45) is 0. The molecule has 0 saturated heterocycles. The molecule has 1 rings (SSSR count). The van der Waals surface area contributed by atoms with E-state index in [-0.39, 0.29) is 5.75 Å². The van der Waals surface area contributed by atoms with E-state index >= 15 is 0 Å².